The van der Waals surface area contributed by atoms with Gasteiger partial charge in [0.1, 0.15) is 5.75 Å². The lowest BCUT2D eigenvalue weighted by molar-refractivity contribution is -0.139. The van der Waals surface area contributed by atoms with Gasteiger partial charge in [0.25, 0.3) is 0 Å². The van der Waals surface area contributed by atoms with Crippen LogP contribution in [0.3, 0.4) is 0 Å². The van der Waals surface area contributed by atoms with Crippen LogP contribution in [0.5, 0.6) is 5.75 Å². The lowest BCUT2D eigenvalue weighted by Gasteiger charge is -2.30. The topological polar surface area (TPSA) is 84.9 Å². The molecular weight excluding hydrogens is 334 g/mol. The molecule has 1 saturated heterocycles. The Bertz CT molecular complexity index is 612. The van der Waals surface area contributed by atoms with E-state index < -0.39 is 11.5 Å². The first kappa shape index (κ1) is 20.2. The summed E-state index contributed by atoms with van der Waals surface area (Å²) >= 11 is 0. The second-order valence-electron chi connectivity index (χ2n) is 7.13. The number of carboxylic acids is 1. The average Bonchev–Trinajstić information content (AvgIpc) is 2.62. The summed E-state index contributed by atoms with van der Waals surface area (Å²) in [5.74, 6) is 0.176. The summed E-state index contributed by atoms with van der Waals surface area (Å²) in [5, 5.41) is 12.2. The summed E-state index contributed by atoms with van der Waals surface area (Å²) in [6.07, 6.45) is 4.13. The first-order valence-corrected chi connectivity index (χ1v) is 9.18. The van der Waals surface area contributed by atoms with Gasteiger partial charge in [-0.3, -0.25) is 9.59 Å². The molecule has 0 radical (unpaired) electrons. The number of methoxy groups -OCH3 is 1. The van der Waals surface area contributed by atoms with Crippen molar-refractivity contribution in [2.45, 2.75) is 51.0 Å². The molecule has 1 heterocycles. The summed E-state index contributed by atoms with van der Waals surface area (Å²) in [6, 6.07) is 7.17. The number of carbonyl (C=O) groups is 2. The van der Waals surface area contributed by atoms with Crippen molar-refractivity contribution in [3.05, 3.63) is 29.8 Å². The highest BCUT2D eigenvalue weighted by Crippen LogP contribution is 2.28. The van der Waals surface area contributed by atoms with E-state index in [0.717, 1.165) is 44.5 Å². The molecule has 1 aliphatic rings. The van der Waals surface area contributed by atoms with Crippen LogP contribution in [0.25, 0.3) is 0 Å². The maximum atomic E-state index is 12.4. The van der Waals surface area contributed by atoms with Crippen LogP contribution in [0, 0.1) is 5.92 Å². The zero-order chi connectivity index (χ0) is 19.0. The molecule has 1 unspecified atom stereocenters. The zero-order valence-corrected chi connectivity index (χ0v) is 15.6. The summed E-state index contributed by atoms with van der Waals surface area (Å²) in [4.78, 5) is 23.8. The van der Waals surface area contributed by atoms with Crippen LogP contribution in [0.15, 0.2) is 24.3 Å². The predicted octanol–water partition coefficient (Wildman–Crippen LogP) is 3.10. The van der Waals surface area contributed by atoms with Gasteiger partial charge < -0.3 is 19.9 Å². The minimum Gasteiger partial charge on any atom is -0.497 e. The van der Waals surface area contributed by atoms with Gasteiger partial charge in [-0.15, -0.1) is 0 Å². The van der Waals surface area contributed by atoms with Crippen molar-refractivity contribution < 1.29 is 24.2 Å². The average molecular weight is 363 g/mol. The molecule has 1 aromatic carbocycles. The Hall–Kier alpha value is -2.08. The van der Waals surface area contributed by atoms with E-state index in [-0.39, 0.29) is 12.3 Å². The smallest absolute Gasteiger partial charge is 0.306 e. The van der Waals surface area contributed by atoms with Gasteiger partial charge in [-0.25, -0.2) is 0 Å². The Morgan fingerprint density at radius 3 is 2.73 bits per heavy atom. The second kappa shape index (κ2) is 9.57. The van der Waals surface area contributed by atoms with E-state index in [1.807, 2.05) is 6.07 Å². The SMILES string of the molecule is COc1cccc(C(C)(CC(=O)O)NC(=O)CCCC2CCOCC2)c1. The fraction of sp³-hybridized carbons (Fsp3) is 0.600. The molecule has 1 aromatic rings. The fourth-order valence-electron chi connectivity index (χ4n) is 3.44. The van der Waals surface area contributed by atoms with Crippen molar-refractivity contribution in [3.63, 3.8) is 0 Å². The Morgan fingerprint density at radius 1 is 1.35 bits per heavy atom. The van der Waals surface area contributed by atoms with Crippen LogP contribution in [-0.2, 0) is 19.9 Å². The van der Waals surface area contributed by atoms with Gasteiger partial charge in [0.15, 0.2) is 0 Å². The van der Waals surface area contributed by atoms with E-state index in [4.69, 9.17) is 9.47 Å². The van der Waals surface area contributed by atoms with E-state index in [9.17, 15) is 14.7 Å². The van der Waals surface area contributed by atoms with Gasteiger partial charge in [0.05, 0.1) is 19.1 Å². The standard InChI is InChI=1S/C20H29NO5/c1-20(14-19(23)24,16-6-4-7-17(13-16)25-2)21-18(22)8-3-5-15-9-11-26-12-10-15/h4,6-7,13,15H,3,5,8-12,14H2,1-2H3,(H,21,22)(H,23,24). The second-order valence-corrected chi connectivity index (χ2v) is 7.13. The number of aliphatic carboxylic acids is 1. The number of rotatable bonds is 9. The first-order chi connectivity index (χ1) is 12.4. The Morgan fingerprint density at radius 2 is 2.08 bits per heavy atom. The van der Waals surface area contributed by atoms with Crippen LogP contribution < -0.4 is 10.1 Å². The Kier molecular flexibility index (Phi) is 7.45. The van der Waals surface area contributed by atoms with Gasteiger partial charge in [-0.2, -0.15) is 0 Å². The van der Waals surface area contributed by atoms with Gasteiger partial charge in [-0.1, -0.05) is 12.1 Å². The van der Waals surface area contributed by atoms with E-state index in [2.05, 4.69) is 5.32 Å². The molecule has 1 amide bonds. The molecule has 0 saturated carbocycles. The van der Waals surface area contributed by atoms with Crippen molar-refractivity contribution in [2.24, 2.45) is 5.92 Å². The molecule has 0 aliphatic carbocycles. The summed E-state index contributed by atoms with van der Waals surface area (Å²) in [5.41, 5.74) is -0.257. The Labute approximate surface area is 154 Å². The largest absolute Gasteiger partial charge is 0.497 e. The molecule has 2 N–H and O–H groups in total. The number of amides is 1. The quantitative estimate of drug-likeness (QED) is 0.704. The number of carbonyl (C=O) groups excluding carboxylic acids is 1. The molecule has 6 heteroatoms. The van der Waals surface area contributed by atoms with E-state index in [1.54, 1.807) is 32.2 Å². The molecule has 26 heavy (non-hydrogen) atoms. The third-order valence-electron chi connectivity index (χ3n) is 4.98. The number of hydrogen-bond acceptors (Lipinski definition) is 4. The fourth-order valence-corrected chi connectivity index (χ4v) is 3.44. The van der Waals surface area contributed by atoms with Gasteiger partial charge in [0, 0.05) is 19.6 Å². The molecule has 2 rings (SSSR count). The highest BCUT2D eigenvalue weighted by atomic mass is 16.5. The van der Waals surface area contributed by atoms with Crippen molar-refractivity contribution in [3.8, 4) is 5.75 Å². The van der Waals surface area contributed by atoms with Gasteiger partial charge in [-0.05, 0) is 56.2 Å². The first-order valence-electron chi connectivity index (χ1n) is 9.18. The number of nitrogens with one attached hydrogen (secondary N) is 1. The highest BCUT2D eigenvalue weighted by Gasteiger charge is 2.31. The summed E-state index contributed by atoms with van der Waals surface area (Å²) < 4.78 is 10.6. The zero-order valence-electron chi connectivity index (χ0n) is 15.6. The molecule has 1 aliphatic heterocycles. The normalized spacial score (nSPS) is 17.3. The maximum Gasteiger partial charge on any atom is 0.306 e. The third-order valence-corrected chi connectivity index (χ3v) is 4.98. The molecule has 1 fully saturated rings. The minimum atomic E-state index is -0.976. The molecular formula is C20H29NO5. The van der Waals surface area contributed by atoms with Gasteiger partial charge >= 0.3 is 5.97 Å². The van der Waals surface area contributed by atoms with Crippen molar-refractivity contribution in [1.29, 1.82) is 0 Å². The van der Waals surface area contributed by atoms with Crippen molar-refractivity contribution >= 4 is 11.9 Å². The van der Waals surface area contributed by atoms with E-state index in [1.165, 1.54) is 0 Å². The highest BCUT2D eigenvalue weighted by molar-refractivity contribution is 5.78. The van der Waals surface area contributed by atoms with Crippen LogP contribution in [0.2, 0.25) is 0 Å². The summed E-state index contributed by atoms with van der Waals surface area (Å²) in [6.45, 7) is 3.36. The lowest BCUT2D eigenvalue weighted by Crippen LogP contribution is -2.45. The molecule has 0 aromatic heterocycles. The molecule has 0 spiro atoms. The molecule has 144 valence electrons. The molecule has 6 nitrogen and oxygen atoms in total. The molecule has 1 atom stereocenters. The van der Waals surface area contributed by atoms with Crippen molar-refractivity contribution in [2.75, 3.05) is 20.3 Å². The number of hydrogen-bond donors (Lipinski definition) is 2. The Balaban J connectivity index is 1.97. The lowest BCUT2D eigenvalue weighted by atomic mass is 9.88. The van der Waals surface area contributed by atoms with Crippen LogP contribution in [0.1, 0.15) is 51.0 Å². The molecule has 0 bridgehead atoms. The minimum absolute atomic E-state index is 0.122. The van der Waals surface area contributed by atoms with Crippen LogP contribution >= 0.6 is 0 Å². The number of benzene rings is 1. The third kappa shape index (κ3) is 6.02. The summed E-state index contributed by atoms with van der Waals surface area (Å²) in [7, 11) is 1.56. The number of carboxylic acid groups (broad SMARTS) is 1. The van der Waals surface area contributed by atoms with Crippen molar-refractivity contribution in [1.82, 2.24) is 5.32 Å². The predicted molar refractivity (Wildman–Crippen MR) is 98.1 cm³/mol. The monoisotopic (exact) mass is 363 g/mol. The van der Waals surface area contributed by atoms with Gasteiger partial charge in [0.2, 0.25) is 5.91 Å². The van der Waals surface area contributed by atoms with E-state index >= 15 is 0 Å². The van der Waals surface area contributed by atoms with E-state index in [0.29, 0.717) is 18.1 Å². The van der Waals surface area contributed by atoms with Crippen LogP contribution in [0.4, 0.5) is 0 Å². The maximum absolute atomic E-state index is 12.4. The number of ether oxygens (including phenoxy) is 2. The van der Waals surface area contributed by atoms with Crippen LogP contribution in [-0.4, -0.2) is 37.3 Å².